The van der Waals surface area contributed by atoms with Gasteiger partial charge in [0, 0.05) is 30.0 Å². The van der Waals surface area contributed by atoms with Crippen LogP contribution in [-0.2, 0) is 29.7 Å². The fourth-order valence-corrected chi connectivity index (χ4v) is 5.95. The third-order valence-corrected chi connectivity index (χ3v) is 8.01. The fourth-order valence-electron chi connectivity index (χ4n) is 5.13. The summed E-state index contributed by atoms with van der Waals surface area (Å²) in [6.45, 7) is 2.66. The third-order valence-electron chi connectivity index (χ3n) is 6.95. The molecule has 1 saturated carbocycles. The molecule has 2 aliphatic rings. The summed E-state index contributed by atoms with van der Waals surface area (Å²) in [5.41, 5.74) is 4.26. The van der Waals surface area contributed by atoms with Gasteiger partial charge in [0.15, 0.2) is 5.13 Å². The minimum Gasteiger partial charge on any atom is -0.497 e. The molecule has 172 valence electrons. The quantitative estimate of drug-likeness (QED) is 0.482. The Labute approximate surface area is 203 Å². The molecular formula is C26H28ClN3O2S. The van der Waals surface area contributed by atoms with Crippen molar-refractivity contribution >= 4 is 34.0 Å². The average molecular weight is 482 g/mol. The summed E-state index contributed by atoms with van der Waals surface area (Å²) in [5, 5.41) is 6.55. The summed E-state index contributed by atoms with van der Waals surface area (Å²) in [6.07, 6.45) is 4.83. The van der Waals surface area contributed by atoms with Crippen molar-refractivity contribution in [3.8, 4) is 5.75 Å². The molecule has 0 bridgehead atoms. The maximum Gasteiger partial charge on any atom is 0.236 e. The molecule has 1 amide bonds. The molecule has 2 aromatic carbocycles. The van der Waals surface area contributed by atoms with Crippen LogP contribution in [-0.4, -0.2) is 29.4 Å². The lowest BCUT2D eigenvalue weighted by molar-refractivity contribution is -0.121. The Kier molecular flexibility index (Phi) is 6.41. The lowest BCUT2D eigenvalue weighted by Gasteiger charge is -2.28. The monoisotopic (exact) mass is 481 g/mol. The summed E-state index contributed by atoms with van der Waals surface area (Å²) >= 11 is 7.58. The van der Waals surface area contributed by atoms with Crippen molar-refractivity contribution in [1.82, 2.24) is 9.88 Å². The Morgan fingerprint density at radius 1 is 1.18 bits per heavy atom. The van der Waals surface area contributed by atoms with Crippen LogP contribution in [0.4, 0.5) is 5.13 Å². The first kappa shape index (κ1) is 22.4. The van der Waals surface area contributed by atoms with Crippen molar-refractivity contribution in [2.75, 3.05) is 19.0 Å². The van der Waals surface area contributed by atoms with Gasteiger partial charge in [0.25, 0.3) is 0 Å². The van der Waals surface area contributed by atoms with E-state index in [0.29, 0.717) is 10.2 Å². The van der Waals surface area contributed by atoms with Gasteiger partial charge < -0.3 is 10.1 Å². The van der Waals surface area contributed by atoms with Gasteiger partial charge in [0.05, 0.1) is 18.2 Å². The number of carbonyl (C=O) groups is 1. The minimum absolute atomic E-state index is 0.0454. The Hall–Kier alpha value is -2.41. The highest BCUT2D eigenvalue weighted by Crippen LogP contribution is 2.42. The molecule has 1 N–H and O–H groups in total. The summed E-state index contributed by atoms with van der Waals surface area (Å²) in [5.74, 6) is 0.963. The molecule has 7 heteroatoms. The van der Waals surface area contributed by atoms with Gasteiger partial charge in [-0.25, -0.2) is 4.98 Å². The number of ether oxygens (including phenoxy) is 1. The maximum absolute atomic E-state index is 13.4. The molecule has 1 fully saturated rings. The summed E-state index contributed by atoms with van der Waals surface area (Å²) in [4.78, 5) is 20.6. The van der Waals surface area contributed by atoms with E-state index in [4.69, 9.17) is 21.3 Å². The first-order valence-electron chi connectivity index (χ1n) is 11.5. The number of amides is 1. The van der Waals surface area contributed by atoms with Crippen LogP contribution in [0.1, 0.15) is 48.1 Å². The number of rotatable bonds is 6. The second-order valence-corrected chi connectivity index (χ2v) is 10.3. The van der Waals surface area contributed by atoms with Crippen molar-refractivity contribution in [2.45, 2.75) is 50.6 Å². The highest BCUT2D eigenvalue weighted by Gasteiger charge is 2.43. The predicted molar refractivity (Wildman–Crippen MR) is 133 cm³/mol. The van der Waals surface area contributed by atoms with Crippen LogP contribution in [0.2, 0.25) is 5.02 Å². The number of thiazole rings is 1. The molecule has 0 unspecified atom stereocenters. The lowest BCUT2D eigenvalue weighted by atomic mass is 9.78. The van der Waals surface area contributed by atoms with E-state index in [0.717, 1.165) is 68.7 Å². The van der Waals surface area contributed by atoms with E-state index in [1.807, 2.05) is 30.3 Å². The molecule has 3 aromatic rings. The molecule has 0 spiro atoms. The molecular weight excluding hydrogens is 454 g/mol. The predicted octanol–water partition coefficient (Wildman–Crippen LogP) is 5.81. The number of nitrogens with zero attached hydrogens (tertiary/aromatic N) is 2. The highest BCUT2D eigenvalue weighted by atomic mass is 35.5. The Balaban J connectivity index is 1.25. The minimum atomic E-state index is -0.492. The van der Waals surface area contributed by atoms with Crippen LogP contribution in [0.25, 0.3) is 0 Å². The topological polar surface area (TPSA) is 54.5 Å². The molecule has 1 aliphatic heterocycles. The van der Waals surface area contributed by atoms with E-state index in [2.05, 4.69) is 27.7 Å². The first-order valence-corrected chi connectivity index (χ1v) is 12.7. The molecule has 1 aromatic heterocycles. The van der Waals surface area contributed by atoms with Crippen molar-refractivity contribution < 1.29 is 9.53 Å². The molecule has 2 heterocycles. The van der Waals surface area contributed by atoms with Gasteiger partial charge in [-0.2, -0.15) is 0 Å². The number of methoxy groups -OCH3 is 1. The molecule has 33 heavy (non-hydrogen) atoms. The van der Waals surface area contributed by atoms with Crippen molar-refractivity contribution in [3.05, 3.63) is 75.3 Å². The largest absolute Gasteiger partial charge is 0.497 e. The van der Waals surface area contributed by atoms with Gasteiger partial charge in [-0.05, 0) is 60.2 Å². The van der Waals surface area contributed by atoms with Crippen LogP contribution < -0.4 is 10.1 Å². The van der Waals surface area contributed by atoms with E-state index < -0.39 is 5.41 Å². The summed E-state index contributed by atoms with van der Waals surface area (Å²) < 4.78 is 5.35. The fraction of sp³-hybridized carbons (Fsp3) is 0.385. The number of hydrogen-bond acceptors (Lipinski definition) is 5. The number of nitrogens with one attached hydrogen (secondary N) is 1. The number of hydrogen-bond donors (Lipinski definition) is 1. The van der Waals surface area contributed by atoms with Crippen LogP contribution in [0.15, 0.2) is 47.8 Å². The average Bonchev–Trinajstić information content (AvgIpc) is 3.50. The van der Waals surface area contributed by atoms with Gasteiger partial charge in [0.1, 0.15) is 5.75 Å². The van der Waals surface area contributed by atoms with Crippen molar-refractivity contribution in [3.63, 3.8) is 0 Å². The molecule has 5 rings (SSSR count). The second-order valence-electron chi connectivity index (χ2n) is 8.99. The van der Waals surface area contributed by atoms with Gasteiger partial charge in [-0.1, -0.05) is 42.6 Å². The number of halogens is 1. The SMILES string of the molecule is COc1ccc2c(c1)CCN(Cc1csc(NC(=O)C3(c4ccc(Cl)cc4)CCCC3)n1)C2. The van der Waals surface area contributed by atoms with Crippen LogP contribution >= 0.6 is 22.9 Å². The summed E-state index contributed by atoms with van der Waals surface area (Å²) in [6, 6.07) is 14.1. The smallest absolute Gasteiger partial charge is 0.236 e. The number of carbonyl (C=O) groups excluding carboxylic acids is 1. The van der Waals surface area contributed by atoms with E-state index in [-0.39, 0.29) is 5.91 Å². The standard InChI is InChI=1S/C26H28ClN3O2S/c1-32-23-9-4-19-15-30(13-10-18(19)14-23)16-22-17-33-25(28-22)29-24(31)26(11-2-3-12-26)20-5-7-21(27)8-6-20/h4-9,14,17H,2-3,10-13,15-16H2,1H3,(H,28,29,31). The number of aromatic nitrogens is 1. The molecule has 0 radical (unpaired) electrons. The van der Waals surface area contributed by atoms with Gasteiger partial charge in [-0.3, -0.25) is 9.69 Å². The zero-order valence-corrected chi connectivity index (χ0v) is 20.3. The number of anilines is 1. The van der Waals surface area contributed by atoms with Gasteiger partial charge in [-0.15, -0.1) is 11.3 Å². The van der Waals surface area contributed by atoms with Crippen LogP contribution in [0.3, 0.4) is 0 Å². The van der Waals surface area contributed by atoms with E-state index in [1.54, 1.807) is 7.11 Å². The normalized spacial score (nSPS) is 17.5. The maximum atomic E-state index is 13.4. The molecule has 0 atom stereocenters. The van der Waals surface area contributed by atoms with Crippen molar-refractivity contribution in [1.29, 1.82) is 0 Å². The third kappa shape index (κ3) is 4.65. The van der Waals surface area contributed by atoms with Gasteiger partial charge >= 0.3 is 0 Å². The molecule has 1 aliphatic carbocycles. The van der Waals surface area contributed by atoms with Crippen molar-refractivity contribution in [2.24, 2.45) is 0 Å². The van der Waals surface area contributed by atoms with Crippen LogP contribution in [0.5, 0.6) is 5.75 Å². The zero-order chi connectivity index (χ0) is 22.8. The number of benzene rings is 2. The highest BCUT2D eigenvalue weighted by molar-refractivity contribution is 7.13. The van der Waals surface area contributed by atoms with E-state index >= 15 is 0 Å². The second kappa shape index (κ2) is 9.45. The lowest BCUT2D eigenvalue weighted by Crippen LogP contribution is -2.38. The Morgan fingerprint density at radius 2 is 1.97 bits per heavy atom. The number of fused-ring (bicyclic) bond motifs is 1. The Morgan fingerprint density at radius 3 is 2.73 bits per heavy atom. The Bertz CT molecular complexity index is 1140. The molecule has 0 saturated heterocycles. The first-order chi connectivity index (χ1) is 16.1. The van der Waals surface area contributed by atoms with E-state index in [1.165, 1.54) is 22.5 Å². The van der Waals surface area contributed by atoms with Crippen LogP contribution in [0, 0.1) is 0 Å². The summed E-state index contributed by atoms with van der Waals surface area (Å²) in [7, 11) is 1.71. The van der Waals surface area contributed by atoms with Gasteiger partial charge in [0.2, 0.25) is 5.91 Å². The zero-order valence-electron chi connectivity index (χ0n) is 18.8. The van der Waals surface area contributed by atoms with E-state index in [9.17, 15) is 4.79 Å². The molecule has 5 nitrogen and oxygen atoms in total.